The minimum absolute atomic E-state index is 0.0832. The van der Waals surface area contributed by atoms with Crippen molar-refractivity contribution < 1.29 is 14.3 Å². The maximum Gasteiger partial charge on any atom is 0.337 e. The summed E-state index contributed by atoms with van der Waals surface area (Å²) in [6.45, 7) is 0.435. The summed E-state index contributed by atoms with van der Waals surface area (Å²) in [6.07, 6.45) is 4.43. The molecule has 2 aromatic rings. The maximum atomic E-state index is 12.9. The van der Waals surface area contributed by atoms with E-state index in [1.807, 2.05) is 42.5 Å². The van der Waals surface area contributed by atoms with Crippen LogP contribution in [-0.4, -0.2) is 25.2 Å². The van der Waals surface area contributed by atoms with Gasteiger partial charge in [0.05, 0.1) is 19.2 Å². The third-order valence-electron chi connectivity index (χ3n) is 4.71. The zero-order valence-electron chi connectivity index (χ0n) is 15.0. The number of para-hydroxylation sites is 1. The molecule has 0 unspecified atom stereocenters. The predicted molar refractivity (Wildman–Crippen MR) is 101 cm³/mol. The molecule has 0 aromatic heterocycles. The molecule has 0 heterocycles. The fourth-order valence-electron chi connectivity index (χ4n) is 3.26. The van der Waals surface area contributed by atoms with E-state index in [0.29, 0.717) is 12.1 Å². The summed E-state index contributed by atoms with van der Waals surface area (Å²) in [5, 5.41) is 3.15. The lowest BCUT2D eigenvalue weighted by atomic mass is 10.1. The summed E-state index contributed by atoms with van der Waals surface area (Å²) >= 11 is 0. The number of carbonyl (C=O) groups excluding carboxylic acids is 2. The average molecular weight is 352 g/mol. The van der Waals surface area contributed by atoms with E-state index >= 15 is 0 Å². The van der Waals surface area contributed by atoms with Gasteiger partial charge >= 0.3 is 12.0 Å². The van der Waals surface area contributed by atoms with Crippen LogP contribution in [0.1, 0.15) is 41.6 Å². The summed E-state index contributed by atoms with van der Waals surface area (Å²) in [6, 6.07) is 17.0. The number of ether oxygens (including phenoxy) is 1. The van der Waals surface area contributed by atoms with Gasteiger partial charge in [-0.2, -0.15) is 0 Å². The van der Waals surface area contributed by atoms with Crippen LogP contribution in [0.15, 0.2) is 54.6 Å². The van der Waals surface area contributed by atoms with Crippen LogP contribution < -0.4 is 10.2 Å². The van der Waals surface area contributed by atoms with Gasteiger partial charge < -0.3 is 10.1 Å². The van der Waals surface area contributed by atoms with Gasteiger partial charge in [0.1, 0.15) is 0 Å². The Hall–Kier alpha value is -2.82. The fourth-order valence-corrected chi connectivity index (χ4v) is 3.26. The van der Waals surface area contributed by atoms with Gasteiger partial charge in [0.15, 0.2) is 0 Å². The lowest BCUT2D eigenvalue weighted by Crippen LogP contribution is -2.43. The number of hydrogen-bond acceptors (Lipinski definition) is 3. The van der Waals surface area contributed by atoms with Gasteiger partial charge in [-0.05, 0) is 42.7 Å². The molecule has 136 valence electrons. The topological polar surface area (TPSA) is 58.6 Å². The van der Waals surface area contributed by atoms with Crippen molar-refractivity contribution in [3.8, 4) is 0 Å². The predicted octanol–water partition coefficient (Wildman–Crippen LogP) is 4.13. The molecule has 1 N–H and O–H groups in total. The minimum atomic E-state index is -0.365. The summed E-state index contributed by atoms with van der Waals surface area (Å²) in [5.41, 5.74) is 2.29. The molecule has 0 radical (unpaired) electrons. The molecule has 0 aliphatic heterocycles. The number of esters is 1. The lowest BCUT2D eigenvalue weighted by Gasteiger charge is -2.25. The average Bonchev–Trinajstić information content (AvgIpc) is 3.19. The number of nitrogens with one attached hydrogen (secondary N) is 1. The van der Waals surface area contributed by atoms with E-state index in [2.05, 4.69) is 5.32 Å². The van der Waals surface area contributed by atoms with E-state index in [1.165, 1.54) is 20.0 Å². The van der Waals surface area contributed by atoms with Gasteiger partial charge in [-0.15, -0.1) is 0 Å². The molecule has 0 saturated heterocycles. The molecule has 0 atom stereocenters. The first-order valence-electron chi connectivity index (χ1n) is 8.97. The molecule has 3 rings (SSSR count). The highest BCUT2D eigenvalue weighted by molar-refractivity contribution is 5.92. The van der Waals surface area contributed by atoms with Gasteiger partial charge in [-0.1, -0.05) is 43.2 Å². The first-order valence-corrected chi connectivity index (χ1v) is 8.97. The van der Waals surface area contributed by atoms with Crippen molar-refractivity contribution in [3.05, 3.63) is 65.7 Å². The molecule has 0 bridgehead atoms. The van der Waals surface area contributed by atoms with Crippen molar-refractivity contribution in [2.24, 2.45) is 0 Å². The standard InChI is InChI=1S/C21H24N2O3/c1-26-20(24)17-13-11-16(12-14-17)15-23(19-9-3-2-4-10-19)21(25)22-18-7-5-6-8-18/h2-4,9-14,18H,5-8,15H2,1H3,(H,22,25). The summed E-state index contributed by atoms with van der Waals surface area (Å²) in [4.78, 5) is 26.2. The number of nitrogens with zero attached hydrogens (tertiary/aromatic N) is 1. The van der Waals surface area contributed by atoms with Gasteiger partial charge in [0, 0.05) is 11.7 Å². The van der Waals surface area contributed by atoms with E-state index in [4.69, 9.17) is 4.74 Å². The summed E-state index contributed by atoms with van der Waals surface area (Å²) in [5.74, 6) is -0.365. The van der Waals surface area contributed by atoms with Gasteiger partial charge in [-0.3, -0.25) is 4.90 Å². The third-order valence-corrected chi connectivity index (χ3v) is 4.71. The van der Waals surface area contributed by atoms with E-state index in [1.54, 1.807) is 17.0 Å². The smallest absolute Gasteiger partial charge is 0.337 e. The van der Waals surface area contributed by atoms with Crippen molar-refractivity contribution in [2.75, 3.05) is 12.0 Å². The summed E-state index contributed by atoms with van der Waals surface area (Å²) in [7, 11) is 1.36. The molecular weight excluding hydrogens is 328 g/mol. The molecule has 1 saturated carbocycles. The molecule has 5 heteroatoms. The Morgan fingerprint density at radius 1 is 1.04 bits per heavy atom. The molecule has 0 spiro atoms. The number of carbonyl (C=O) groups is 2. The Balaban J connectivity index is 1.77. The second kappa shape index (κ2) is 8.52. The molecule has 2 aromatic carbocycles. The normalized spacial score (nSPS) is 14.0. The first kappa shape index (κ1) is 18.0. The number of urea groups is 1. The molecule has 26 heavy (non-hydrogen) atoms. The van der Waals surface area contributed by atoms with Crippen molar-refractivity contribution in [3.63, 3.8) is 0 Å². The minimum Gasteiger partial charge on any atom is -0.465 e. The first-order chi connectivity index (χ1) is 12.7. The highest BCUT2D eigenvalue weighted by Crippen LogP contribution is 2.21. The van der Waals surface area contributed by atoms with Crippen LogP contribution in [0.4, 0.5) is 10.5 Å². The van der Waals surface area contributed by atoms with E-state index in [-0.39, 0.29) is 18.0 Å². The lowest BCUT2D eigenvalue weighted by molar-refractivity contribution is 0.0600. The molecule has 2 amide bonds. The molecule has 1 fully saturated rings. The molecular formula is C21H24N2O3. The van der Waals surface area contributed by atoms with Crippen LogP contribution in [-0.2, 0) is 11.3 Å². The molecule has 1 aliphatic carbocycles. The Morgan fingerprint density at radius 3 is 2.31 bits per heavy atom. The largest absolute Gasteiger partial charge is 0.465 e. The number of benzene rings is 2. The Morgan fingerprint density at radius 2 is 1.69 bits per heavy atom. The number of methoxy groups -OCH3 is 1. The van der Waals surface area contributed by atoms with Crippen molar-refractivity contribution in [2.45, 2.75) is 38.3 Å². The second-order valence-electron chi connectivity index (χ2n) is 6.54. The quantitative estimate of drug-likeness (QED) is 0.823. The zero-order chi connectivity index (χ0) is 18.4. The summed E-state index contributed by atoms with van der Waals surface area (Å²) < 4.78 is 4.73. The Labute approximate surface area is 154 Å². The zero-order valence-corrected chi connectivity index (χ0v) is 15.0. The van der Waals surface area contributed by atoms with Gasteiger partial charge in [0.25, 0.3) is 0 Å². The molecule has 1 aliphatic rings. The van der Waals surface area contributed by atoms with E-state index in [0.717, 1.165) is 24.1 Å². The number of hydrogen-bond donors (Lipinski definition) is 1. The van der Waals surface area contributed by atoms with Crippen LogP contribution in [0, 0.1) is 0 Å². The SMILES string of the molecule is COC(=O)c1ccc(CN(C(=O)NC2CCCC2)c2ccccc2)cc1. The van der Waals surface area contributed by atoms with Gasteiger partial charge in [0.2, 0.25) is 0 Å². The van der Waals surface area contributed by atoms with Crippen molar-refractivity contribution >= 4 is 17.7 Å². The number of rotatable bonds is 5. The maximum absolute atomic E-state index is 12.9. The van der Waals surface area contributed by atoms with Crippen LogP contribution in [0.3, 0.4) is 0 Å². The number of anilines is 1. The Bertz CT molecular complexity index is 738. The van der Waals surface area contributed by atoms with E-state index in [9.17, 15) is 9.59 Å². The highest BCUT2D eigenvalue weighted by atomic mass is 16.5. The van der Waals surface area contributed by atoms with Crippen LogP contribution in [0.25, 0.3) is 0 Å². The Kier molecular flexibility index (Phi) is 5.89. The number of amides is 2. The highest BCUT2D eigenvalue weighted by Gasteiger charge is 2.22. The van der Waals surface area contributed by atoms with Crippen LogP contribution in [0.2, 0.25) is 0 Å². The fraction of sp³-hybridized carbons (Fsp3) is 0.333. The van der Waals surface area contributed by atoms with E-state index < -0.39 is 0 Å². The second-order valence-corrected chi connectivity index (χ2v) is 6.54. The third kappa shape index (κ3) is 4.42. The van der Waals surface area contributed by atoms with Crippen LogP contribution >= 0.6 is 0 Å². The van der Waals surface area contributed by atoms with Crippen molar-refractivity contribution in [1.29, 1.82) is 0 Å². The monoisotopic (exact) mass is 352 g/mol. The van der Waals surface area contributed by atoms with Gasteiger partial charge in [-0.25, -0.2) is 9.59 Å². The van der Waals surface area contributed by atoms with Crippen molar-refractivity contribution in [1.82, 2.24) is 5.32 Å². The van der Waals surface area contributed by atoms with Crippen LogP contribution in [0.5, 0.6) is 0 Å². The molecule has 5 nitrogen and oxygen atoms in total.